The van der Waals surface area contributed by atoms with E-state index in [0.29, 0.717) is 37.3 Å². The third-order valence-corrected chi connectivity index (χ3v) is 8.13. The second-order valence-electron chi connectivity index (χ2n) is 7.02. The fourth-order valence-electron chi connectivity index (χ4n) is 3.55. The number of hydrogen-bond acceptors (Lipinski definition) is 7. The van der Waals surface area contributed by atoms with E-state index in [2.05, 4.69) is 5.32 Å². The van der Waals surface area contributed by atoms with Crippen LogP contribution in [0.15, 0.2) is 46.1 Å². The number of fused-ring (bicyclic) bond motifs is 1. The lowest BCUT2D eigenvalue weighted by Gasteiger charge is -2.27. The highest BCUT2D eigenvalue weighted by atomic mass is 32.2. The third-order valence-electron chi connectivity index (χ3n) is 5.08. The maximum atomic E-state index is 13.1. The number of carbonyl (C=O) groups excluding carboxylic acids is 1. The van der Waals surface area contributed by atoms with Gasteiger partial charge in [-0.1, -0.05) is 6.07 Å². The summed E-state index contributed by atoms with van der Waals surface area (Å²) in [7, 11) is -3.69. The van der Waals surface area contributed by atoms with E-state index in [1.54, 1.807) is 46.8 Å². The van der Waals surface area contributed by atoms with Crippen LogP contribution < -0.4 is 15.8 Å². The zero-order chi connectivity index (χ0) is 21.1. The van der Waals surface area contributed by atoms with E-state index in [1.165, 1.54) is 15.3 Å². The first-order valence-corrected chi connectivity index (χ1v) is 12.1. The fraction of sp³-hybridized carbons (Fsp3) is 0.350. The maximum absolute atomic E-state index is 13.1. The van der Waals surface area contributed by atoms with Crippen LogP contribution in [0.2, 0.25) is 0 Å². The fourth-order valence-corrected chi connectivity index (χ4v) is 6.02. The lowest BCUT2D eigenvalue weighted by atomic mass is 10.1. The quantitative estimate of drug-likeness (QED) is 0.564. The first kappa shape index (κ1) is 20.9. The highest BCUT2D eigenvalue weighted by Gasteiger charge is 2.23. The zero-order valence-corrected chi connectivity index (χ0v) is 18.0. The van der Waals surface area contributed by atoms with Crippen LogP contribution in [-0.4, -0.2) is 62.5 Å². The van der Waals surface area contributed by atoms with E-state index < -0.39 is 10.0 Å². The summed E-state index contributed by atoms with van der Waals surface area (Å²) in [6.07, 6.45) is 2.16. The van der Waals surface area contributed by atoms with Gasteiger partial charge in [0, 0.05) is 37.8 Å². The molecule has 1 aliphatic heterocycles. The van der Waals surface area contributed by atoms with Crippen molar-refractivity contribution in [2.75, 3.05) is 39.3 Å². The van der Waals surface area contributed by atoms with Crippen molar-refractivity contribution in [3.05, 3.63) is 47.5 Å². The van der Waals surface area contributed by atoms with Crippen molar-refractivity contribution in [3.8, 4) is 5.75 Å². The molecule has 160 valence electrons. The number of nitrogens with one attached hydrogen (secondary N) is 1. The normalized spacial score (nSPS) is 14.9. The largest absolute Gasteiger partial charge is 0.484 e. The average molecular weight is 449 g/mol. The summed E-state index contributed by atoms with van der Waals surface area (Å²) in [6.45, 7) is 3.26. The molecule has 0 radical (unpaired) electrons. The lowest BCUT2D eigenvalue weighted by Crippen LogP contribution is -2.47. The van der Waals surface area contributed by atoms with Crippen molar-refractivity contribution < 1.29 is 17.9 Å². The van der Waals surface area contributed by atoms with E-state index in [9.17, 15) is 13.2 Å². The standard InChI is InChI=1S/C20H24N4O4S2/c21-6-5-15-13-24(30(26,27)20-2-1-11-29-20)18-4-3-16(12-17(15)18)28-14-19(25)23-9-7-22-8-10-23/h1-4,11-13,22H,5-10,14,21H2. The van der Waals surface area contributed by atoms with Gasteiger partial charge in [-0.3, -0.25) is 4.79 Å². The molecule has 0 spiro atoms. The molecule has 1 amide bonds. The molecule has 3 heterocycles. The van der Waals surface area contributed by atoms with E-state index in [4.69, 9.17) is 10.5 Å². The molecule has 10 heteroatoms. The number of nitrogens with two attached hydrogens (primary N) is 1. The Morgan fingerprint density at radius 1 is 1.23 bits per heavy atom. The summed E-state index contributed by atoms with van der Waals surface area (Å²) in [5.41, 5.74) is 7.13. The molecule has 1 fully saturated rings. The Kier molecular flexibility index (Phi) is 6.09. The molecular weight excluding hydrogens is 424 g/mol. The van der Waals surface area contributed by atoms with Crippen molar-refractivity contribution in [2.24, 2.45) is 5.73 Å². The third kappa shape index (κ3) is 4.08. The van der Waals surface area contributed by atoms with Crippen molar-refractivity contribution in [1.29, 1.82) is 0 Å². The number of carbonyl (C=O) groups is 1. The van der Waals surface area contributed by atoms with Crippen LogP contribution in [-0.2, 0) is 21.2 Å². The molecule has 1 saturated heterocycles. The first-order chi connectivity index (χ1) is 14.5. The molecule has 30 heavy (non-hydrogen) atoms. The van der Waals surface area contributed by atoms with Crippen molar-refractivity contribution in [3.63, 3.8) is 0 Å². The van der Waals surface area contributed by atoms with Gasteiger partial charge in [-0.15, -0.1) is 11.3 Å². The van der Waals surface area contributed by atoms with Crippen molar-refractivity contribution >= 4 is 38.2 Å². The smallest absolute Gasteiger partial charge is 0.277 e. The molecule has 4 rings (SSSR count). The maximum Gasteiger partial charge on any atom is 0.277 e. The van der Waals surface area contributed by atoms with Gasteiger partial charge in [0.15, 0.2) is 6.61 Å². The molecule has 0 saturated carbocycles. The summed E-state index contributed by atoms with van der Waals surface area (Å²) < 4.78 is 33.4. The predicted octanol–water partition coefficient (Wildman–Crippen LogP) is 1.25. The Hall–Kier alpha value is -2.40. The SMILES string of the molecule is NCCc1cn(S(=O)(=O)c2cccs2)c2ccc(OCC(=O)N3CCNCC3)cc12. The second kappa shape index (κ2) is 8.76. The number of thiophene rings is 1. The number of nitrogens with zero attached hydrogens (tertiary/aromatic N) is 2. The molecule has 1 aromatic carbocycles. The average Bonchev–Trinajstić information content (AvgIpc) is 3.42. The number of ether oxygens (including phenoxy) is 1. The molecule has 2 aromatic heterocycles. The number of aromatic nitrogens is 1. The molecule has 0 aliphatic carbocycles. The van der Waals surface area contributed by atoms with Gasteiger partial charge >= 0.3 is 0 Å². The van der Waals surface area contributed by atoms with Gasteiger partial charge in [0.05, 0.1) is 5.52 Å². The van der Waals surface area contributed by atoms with Gasteiger partial charge in [0.2, 0.25) is 0 Å². The van der Waals surface area contributed by atoms with Crippen LogP contribution in [0.1, 0.15) is 5.56 Å². The molecule has 1 aliphatic rings. The summed E-state index contributed by atoms with van der Waals surface area (Å²) >= 11 is 1.18. The summed E-state index contributed by atoms with van der Waals surface area (Å²) in [5, 5.41) is 5.70. The van der Waals surface area contributed by atoms with Crippen LogP contribution in [0.25, 0.3) is 10.9 Å². The molecule has 0 bridgehead atoms. The van der Waals surface area contributed by atoms with E-state index in [0.717, 1.165) is 24.0 Å². The van der Waals surface area contributed by atoms with Gasteiger partial charge in [-0.25, -0.2) is 3.97 Å². The highest BCUT2D eigenvalue weighted by molar-refractivity contribution is 7.92. The number of amides is 1. The zero-order valence-electron chi connectivity index (χ0n) is 16.4. The summed E-state index contributed by atoms with van der Waals surface area (Å²) in [6, 6.07) is 8.50. The van der Waals surface area contributed by atoms with E-state index in [1.807, 2.05) is 0 Å². The Morgan fingerprint density at radius 3 is 2.73 bits per heavy atom. The van der Waals surface area contributed by atoms with Crippen LogP contribution in [0.4, 0.5) is 0 Å². The van der Waals surface area contributed by atoms with Gasteiger partial charge in [0.25, 0.3) is 15.9 Å². The summed E-state index contributed by atoms with van der Waals surface area (Å²) in [5.74, 6) is 0.465. The topological polar surface area (TPSA) is 107 Å². The first-order valence-electron chi connectivity index (χ1n) is 9.75. The highest BCUT2D eigenvalue weighted by Crippen LogP contribution is 2.30. The molecular formula is C20H24N4O4S2. The Morgan fingerprint density at radius 2 is 2.03 bits per heavy atom. The van der Waals surface area contributed by atoms with Crippen molar-refractivity contribution in [1.82, 2.24) is 14.2 Å². The van der Waals surface area contributed by atoms with E-state index >= 15 is 0 Å². The second-order valence-corrected chi connectivity index (χ2v) is 10.0. The Labute approximate surface area is 179 Å². The number of benzene rings is 1. The predicted molar refractivity (Wildman–Crippen MR) is 117 cm³/mol. The molecule has 3 aromatic rings. The van der Waals surface area contributed by atoms with Crippen LogP contribution in [0, 0.1) is 0 Å². The van der Waals surface area contributed by atoms with Crippen LogP contribution in [0.5, 0.6) is 5.75 Å². The van der Waals surface area contributed by atoms with Crippen LogP contribution in [0.3, 0.4) is 0 Å². The lowest BCUT2D eigenvalue weighted by molar-refractivity contribution is -0.133. The Balaban J connectivity index is 1.62. The van der Waals surface area contributed by atoms with Gasteiger partial charge in [-0.05, 0) is 48.2 Å². The Bertz CT molecular complexity index is 1130. The van der Waals surface area contributed by atoms with Crippen molar-refractivity contribution in [2.45, 2.75) is 10.6 Å². The molecule has 0 unspecified atom stereocenters. The minimum Gasteiger partial charge on any atom is -0.484 e. The number of rotatable bonds is 7. The summed E-state index contributed by atoms with van der Waals surface area (Å²) in [4.78, 5) is 14.1. The monoisotopic (exact) mass is 448 g/mol. The molecule has 0 atom stereocenters. The van der Waals surface area contributed by atoms with Gasteiger partial charge in [-0.2, -0.15) is 8.42 Å². The number of piperazine rings is 1. The molecule has 8 nitrogen and oxygen atoms in total. The van der Waals surface area contributed by atoms with Crippen LogP contribution >= 0.6 is 11.3 Å². The van der Waals surface area contributed by atoms with Gasteiger partial charge < -0.3 is 20.7 Å². The van der Waals surface area contributed by atoms with Gasteiger partial charge in [0.1, 0.15) is 9.96 Å². The number of hydrogen-bond donors (Lipinski definition) is 2. The minimum absolute atomic E-state index is 0.0497. The van der Waals surface area contributed by atoms with E-state index in [-0.39, 0.29) is 16.7 Å². The minimum atomic E-state index is -3.69. The molecule has 3 N–H and O–H groups in total.